The van der Waals surface area contributed by atoms with Crippen LogP contribution in [0.25, 0.3) is 0 Å². The lowest BCUT2D eigenvalue weighted by atomic mass is 10.2. The molecule has 0 unspecified atom stereocenters. The number of aromatic carboxylic acids is 1. The molecule has 0 bridgehead atoms. The molecule has 7 nitrogen and oxygen atoms in total. The van der Waals surface area contributed by atoms with Gasteiger partial charge in [0, 0.05) is 25.0 Å². The third-order valence-electron chi connectivity index (χ3n) is 2.30. The summed E-state index contributed by atoms with van der Waals surface area (Å²) in [7, 11) is -3.18. The maximum Gasteiger partial charge on any atom is 0.339 e. The molecule has 0 aliphatic heterocycles. The maximum absolute atomic E-state index is 11.0. The van der Waals surface area contributed by atoms with E-state index in [9.17, 15) is 13.2 Å². The van der Waals surface area contributed by atoms with E-state index in [1.807, 2.05) is 0 Å². The summed E-state index contributed by atoms with van der Waals surface area (Å²) in [5.41, 5.74) is 1.29. The summed E-state index contributed by atoms with van der Waals surface area (Å²) in [5.74, 6) is -1.05. The Kier molecular flexibility index (Phi) is 5.25. The fourth-order valence-corrected chi connectivity index (χ4v) is 1.96. The first-order valence-corrected chi connectivity index (χ1v) is 7.57. The maximum atomic E-state index is 11.0. The molecule has 1 rings (SSSR count). The molecule has 0 aliphatic carbocycles. The van der Waals surface area contributed by atoms with E-state index >= 15 is 0 Å². The quantitative estimate of drug-likeness (QED) is 0.628. The van der Waals surface area contributed by atoms with Crippen molar-refractivity contribution in [3.8, 4) is 0 Å². The average molecular weight is 287 g/mol. The second-order valence-corrected chi connectivity index (χ2v) is 5.96. The zero-order valence-corrected chi connectivity index (χ0v) is 11.6. The highest BCUT2D eigenvalue weighted by molar-refractivity contribution is 7.88. The Hall–Kier alpha value is -1.67. The van der Waals surface area contributed by atoms with Gasteiger partial charge < -0.3 is 10.4 Å². The largest absolute Gasteiger partial charge is 0.478 e. The van der Waals surface area contributed by atoms with Crippen LogP contribution in [0, 0.1) is 6.92 Å². The molecule has 0 fully saturated rings. The van der Waals surface area contributed by atoms with Crippen LogP contribution < -0.4 is 10.0 Å². The number of hydrogen-bond acceptors (Lipinski definition) is 5. The number of hydrogen-bond donors (Lipinski definition) is 3. The highest BCUT2D eigenvalue weighted by Gasteiger charge is 2.10. The number of aromatic nitrogens is 1. The second-order valence-electron chi connectivity index (χ2n) is 4.12. The molecular weight excluding hydrogens is 270 g/mol. The lowest BCUT2D eigenvalue weighted by molar-refractivity contribution is 0.0697. The van der Waals surface area contributed by atoms with E-state index in [1.165, 1.54) is 6.20 Å². The topological polar surface area (TPSA) is 108 Å². The van der Waals surface area contributed by atoms with Gasteiger partial charge in [-0.05, 0) is 19.4 Å². The number of sulfonamides is 1. The number of carboxylic acid groups (broad SMARTS) is 1. The Labute approximate surface area is 112 Å². The van der Waals surface area contributed by atoms with E-state index in [2.05, 4.69) is 15.0 Å². The van der Waals surface area contributed by atoms with Crippen molar-refractivity contribution in [2.45, 2.75) is 13.3 Å². The lowest BCUT2D eigenvalue weighted by Crippen LogP contribution is -2.24. The Morgan fingerprint density at radius 3 is 2.68 bits per heavy atom. The number of aryl methyl sites for hydroxylation is 1. The SMILES string of the molecule is Cc1cc(NCCCNS(C)(=O)=O)c(C(=O)O)cn1. The summed E-state index contributed by atoms with van der Waals surface area (Å²) in [6, 6.07) is 1.65. The van der Waals surface area contributed by atoms with Crippen molar-refractivity contribution in [1.29, 1.82) is 0 Å². The Balaban J connectivity index is 2.53. The molecule has 106 valence electrons. The van der Waals surface area contributed by atoms with Gasteiger partial charge in [0.15, 0.2) is 0 Å². The van der Waals surface area contributed by atoms with E-state index in [4.69, 9.17) is 5.11 Å². The van der Waals surface area contributed by atoms with Crippen LogP contribution in [-0.2, 0) is 10.0 Å². The van der Waals surface area contributed by atoms with Gasteiger partial charge >= 0.3 is 5.97 Å². The number of carbonyl (C=O) groups is 1. The fourth-order valence-electron chi connectivity index (χ4n) is 1.45. The monoisotopic (exact) mass is 287 g/mol. The standard InChI is InChI=1S/C11H17N3O4S/c1-8-6-10(9(7-13-8)11(15)16)12-4-3-5-14-19(2,17)18/h6-7,14H,3-5H2,1-2H3,(H,12,13)(H,15,16). The van der Waals surface area contributed by atoms with Gasteiger partial charge in [-0.1, -0.05) is 0 Å². The highest BCUT2D eigenvalue weighted by Crippen LogP contribution is 2.15. The van der Waals surface area contributed by atoms with Gasteiger partial charge in [0.05, 0.1) is 11.9 Å². The molecule has 0 aromatic carbocycles. The van der Waals surface area contributed by atoms with Crippen LogP contribution in [-0.4, -0.2) is 43.8 Å². The molecule has 0 saturated heterocycles. The fraction of sp³-hybridized carbons (Fsp3) is 0.455. The van der Waals surface area contributed by atoms with E-state index in [1.54, 1.807) is 13.0 Å². The van der Waals surface area contributed by atoms with Crippen LogP contribution in [0.1, 0.15) is 22.5 Å². The molecule has 8 heteroatoms. The molecule has 0 radical (unpaired) electrons. The summed E-state index contributed by atoms with van der Waals surface area (Å²) in [6.07, 6.45) is 2.94. The predicted molar refractivity (Wildman–Crippen MR) is 71.9 cm³/mol. The molecule has 19 heavy (non-hydrogen) atoms. The Morgan fingerprint density at radius 2 is 2.11 bits per heavy atom. The van der Waals surface area contributed by atoms with Crippen LogP contribution in [0.15, 0.2) is 12.3 Å². The van der Waals surface area contributed by atoms with E-state index in [0.29, 0.717) is 30.9 Å². The van der Waals surface area contributed by atoms with Crippen molar-refractivity contribution in [3.63, 3.8) is 0 Å². The number of nitrogens with one attached hydrogen (secondary N) is 2. The third-order valence-corrected chi connectivity index (χ3v) is 3.03. The first kappa shape index (κ1) is 15.4. The molecule has 3 N–H and O–H groups in total. The molecule has 0 spiro atoms. The van der Waals surface area contributed by atoms with Crippen LogP contribution >= 0.6 is 0 Å². The predicted octanol–water partition coefficient (Wildman–Crippen LogP) is 0.439. The minimum absolute atomic E-state index is 0.0988. The smallest absolute Gasteiger partial charge is 0.339 e. The van der Waals surface area contributed by atoms with Gasteiger partial charge in [-0.2, -0.15) is 0 Å². The summed E-state index contributed by atoms with van der Waals surface area (Å²) in [5, 5.41) is 12.0. The summed E-state index contributed by atoms with van der Waals surface area (Å²) >= 11 is 0. The number of rotatable bonds is 7. The zero-order chi connectivity index (χ0) is 14.5. The number of carboxylic acids is 1. The van der Waals surface area contributed by atoms with Crippen molar-refractivity contribution >= 4 is 21.7 Å². The van der Waals surface area contributed by atoms with Crippen molar-refractivity contribution in [2.24, 2.45) is 0 Å². The van der Waals surface area contributed by atoms with Crippen molar-refractivity contribution in [1.82, 2.24) is 9.71 Å². The molecule has 0 aliphatic rings. The van der Waals surface area contributed by atoms with Gasteiger partial charge in [-0.25, -0.2) is 17.9 Å². The second kappa shape index (κ2) is 6.48. The molecule has 0 saturated carbocycles. The Morgan fingerprint density at radius 1 is 1.42 bits per heavy atom. The summed E-state index contributed by atoms with van der Waals surface area (Å²) in [4.78, 5) is 14.9. The zero-order valence-electron chi connectivity index (χ0n) is 10.8. The number of anilines is 1. The van der Waals surface area contributed by atoms with Gasteiger partial charge in [-0.15, -0.1) is 0 Å². The highest BCUT2D eigenvalue weighted by atomic mass is 32.2. The van der Waals surface area contributed by atoms with Gasteiger partial charge in [0.2, 0.25) is 10.0 Å². The molecule has 0 amide bonds. The van der Waals surface area contributed by atoms with E-state index in [0.717, 1.165) is 6.26 Å². The number of nitrogens with zero attached hydrogens (tertiary/aromatic N) is 1. The minimum atomic E-state index is -3.18. The third kappa shape index (κ3) is 5.66. The van der Waals surface area contributed by atoms with E-state index < -0.39 is 16.0 Å². The molecular formula is C11H17N3O4S. The normalized spacial score (nSPS) is 11.3. The molecule has 1 aromatic heterocycles. The lowest BCUT2D eigenvalue weighted by Gasteiger charge is -2.10. The van der Waals surface area contributed by atoms with Crippen LogP contribution in [0.2, 0.25) is 0 Å². The van der Waals surface area contributed by atoms with Gasteiger partial charge in [-0.3, -0.25) is 4.98 Å². The van der Waals surface area contributed by atoms with Crippen molar-refractivity contribution in [2.75, 3.05) is 24.7 Å². The number of pyridine rings is 1. The first-order chi connectivity index (χ1) is 8.79. The molecule has 1 heterocycles. The van der Waals surface area contributed by atoms with Crippen LogP contribution in [0.5, 0.6) is 0 Å². The summed E-state index contributed by atoms with van der Waals surface area (Å²) in [6.45, 7) is 2.53. The first-order valence-electron chi connectivity index (χ1n) is 5.68. The van der Waals surface area contributed by atoms with Crippen LogP contribution in [0.4, 0.5) is 5.69 Å². The van der Waals surface area contributed by atoms with Crippen molar-refractivity contribution in [3.05, 3.63) is 23.5 Å². The van der Waals surface area contributed by atoms with E-state index in [-0.39, 0.29) is 5.56 Å². The Bertz CT molecular complexity index is 557. The molecule has 0 atom stereocenters. The minimum Gasteiger partial charge on any atom is -0.478 e. The van der Waals surface area contributed by atoms with Gasteiger partial charge in [0.25, 0.3) is 0 Å². The molecule has 1 aromatic rings. The average Bonchev–Trinajstić information content (AvgIpc) is 2.26. The van der Waals surface area contributed by atoms with Gasteiger partial charge in [0.1, 0.15) is 5.56 Å². The van der Waals surface area contributed by atoms with Crippen molar-refractivity contribution < 1.29 is 18.3 Å². The summed E-state index contributed by atoms with van der Waals surface area (Å²) < 4.78 is 24.0. The van der Waals surface area contributed by atoms with Crippen LogP contribution in [0.3, 0.4) is 0 Å².